The number of fused-ring (bicyclic) bond motifs is 1. The predicted molar refractivity (Wildman–Crippen MR) is 67.3 cm³/mol. The second-order valence-electron chi connectivity index (χ2n) is 4.19. The van der Waals surface area contributed by atoms with E-state index in [-0.39, 0.29) is 6.54 Å². The first-order valence-corrected chi connectivity index (χ1v) is 5.76. The van der Waals surface area contributed by atoms with Crippen molar-refractivity contribution in [3.8, 4) is 0 Å². The Balaban J connectivity index is 2.24. The molecule has 0 atom stereocenters. The fourth-order valence-corrected chi connectivity index (χ4v) is 2.14. The van der Waals surface area contributed by atoms with Gasteiger partial charge >= 0.3 is 0 Å². The van der Waals surface area contributed by atoms with E-state index in [1.54, 1.807) is 24.3 Å². The van der Waals surface area contributed by atoms with Gasteiger partial charge in [-0.2, -0.15) is 0 Å². The highest BCUT2D eigenvalue weighted by Gasteiger charge is 2.28. The van der Waals surface area contributed by atoms with Gasteiger partial charge in [0.25, 0.3) is 0 Å². The molecule has 0 fully saturated rings. The number of allylic oxidation sites excluding steroid dienone is 1. The van der Waals surface area contributed by atoms with E-state index in [0.717, 1.165) is 0 Å². The number of nitrogens with two attached hydrogens (primary N) is 1. The molecule has 5 nitrogen and oxygen atoms in total. The first-order chi connectivity index (χ1) is 9.22. The first kappa shape index (κ1) is 11.6. The van der Waals surface area contributed by atoms with Gasteiger partial charge in [-0.05, 0) is 11.6 Å². The van der Waals surface area contributed by atoms with E-state index >= 15 is 0 Å². The Hall–Kier alpha value is -2.53. The van der Waals surface area contributed by atoms with Crippen LogP contribution in [0.1, 0.15) is 27.2 Å². The SMILES string of the molecule is NCc1conc1C1=CC(=O)C(=O)c2ccccc21. The zero-order chi connectivity index (χ0) is 13.4. The van der Waals surface area contributed by atoms with Crippen molar-refractivity contribution in [1.82, 2.24) is 5.16 Å². The Morgan fingerprint density at radius 3 is 2.63 bits per heavy atom. The molecule has 0 saturated carbocycles. The van der Waals surface area contributed by atoms with Crippen molar-refractivity contribution in [1.29, 1.82) is 0 Å². The molecular formula is C14H10N2O3. The van der Waals surface area contributed by atoms with Gasteiger partial charge in [-0.15, -0.1) is 0 Å². The van der Waals surface area contributed by atoms with Crippen LogP contribution < -0.4 is 5.73 Å². The number of Topliss-reactive ketones (excluding diaryl/α,β-unsaturated/α-hetero) is 1. The van der Waals surface area contributed by atoms with Crippen molar-refractivity contribution in [2.24, 2.45) is 5.73 Å². The lowest BCUT2D eigenvalue weighted by Gasteiger charge is -2.14. The molecule has 94 valence electrons. The molecule has 5 heteroatoms. The summed E-state index contributed by atoms with van der Waals surface area (Å²) in [7, 11) is 0. The molecule has 2 N–H and O–H groups in total. The van der Waals surface area contributed by atoms with Gasteiger partial charge in [-0.1, -0.05) is 29.4 Å². The molecule has 1 aliphatic carbocycles. The standard InChI is InChI=1S/C14H10N2O3/c15-6-8-7-19-16-13(8)11-5-12(17)14(18)10-4-2-1-3-9(10)11/h1-5,7H,6,15H2. The van der Waals surface area contributed by atoms with E-state index in [2.05, 4.69) is 5.16 Å². The Labute approximate surface area is 108 Å². The zero-order valence-electron chi connectivity index (χ0n) is 9.92. The zero-order valence-corrected chi connectivity index (χ0v) is 9.92. The molecule has 0 bridgehead atoms. The number of aromatic nitrogens is 1. The predicted octanol–water partition coefficient (Wildman–Crippen LogP) is 1.33. The lowest BCUT2D eigenvalue weighted by Crippen LogP contribution is -2.19. The lowest BCUT2D eigenvalue weighted by molar-refractivity contribution is -0.111. The summed E-state index contributed by atoms with van der Waals surface area (Å²) < 4.78 is 4.90. The van der Waals surface area contributed by atoms with Crippen molar-refractivity contribution in [2.45, 2.75) is 6.54 Å². The van der Waals surface area contributed by atoms with Crippen LogP contribution >= 0.6 is 0 Å². The second-order valence-corrected chi connectivity index (χ2v) is 4.19. The highest BCUT2D eigenvalue weighted by molar-refractivity contribution is 6.51. The summed E-state index contributed by atoms with van der Waals surface area (Å²) >= 11 is 0. The topological polar surface area (TPSA) is 86.2 Å². The van der Waals surface area contributed by atoms with Crippen LogP contribution in [0.15, 0.2) is 41.1 Å². The van der Waals surface area contributed by atoms with E-state index < -0.39 is 11.6 Å². The minimum atomic E-state index is -0.556. The van der Waals surface area contributed by atoms with Crippen LogP contribution in [0.4, 0.5) is 0 Å². The van der Waals surface area contributed by atoms with E-state index in [0.29, 0.717) is 28.0 Å². The number of carbonyl (C=O) groups excluding carboxylic acids is 2. The highest BCUT2D eigenvalue weighted by Crippen LogP contribution is 2.31. The molecule has 1 aromatic carbocycles. The molecule has 19 heavy (non-hydrogen) atoms. The van der Waals surface area contributed by atoms with Crippen molar-refractivity contribution < 1.29 is 14.1 Å². The molecule has 3 rings (SSSR count). The Bertz CT molecular complexity index is 713. The van der Waals surface area contributed by atoms with E-state index in [1.165, 1.54) is 12.3 Å². The maximum Gasteiger partial charge on any atom is 0.233 e. The van der Waals surface area contributed by atoms with Crippen LogP contribution in [-0.2, 0) is 11.3 Å². The summed E-state index contributed by atoms with van der Waals surface area (Å²) in [6.45, 7) is 0.250. The molecule has 0 unspecified atom stereocenters. The normalized spacial score (nSPS) is 14.3. The van der Waals surface area contributed by atoms with Gasteiger partial charge in [-0.3, -0.25) is 9.59 Å². The summed E-state index contributed by atoms with van der Waals surface area (Å²) in [5.41, 5.74) is 8.45. The molecule has 0 aliphatic heterocycles. The maximum absolute atomic E-state index is 11.8. The van der Waals surface area contributed by atoms with Gasteiger partial charge in [0, 0.05) is 23.2 Å². The summed E-state index contributed by atoms with van der Waals surface area (Å²) in [5, 5.41) is 3.88. The van der Waals surface area contributed by atoms with E-state index in [9.17, 15) is 9.59 Å². The Morgan fingerprint density at radius 1 is 1.16 bits per heavy atom. The summed E-state index contributed by atoms with van der Waals surface area (Å²) in [5.74, 6) is -1.06. The van der Waals surface area contributed by atoms with Crippen molar-refractivity contribution >= 4 is 17.1 Å². The fraction of sp³-hybridized carbons (Fsp3) is 0.0714. The fourth-order valence-electron chi connectivity index (χ4n) is 2.14. The number of ketones is 2. The molecule has 0 amide bonds. The Morgan fingerprint density at radius 2 is 1.89 bits per heavy atom. The maximum atomic E-state index is 11.8. The highest BCUT2D eigenvalue weighted by atomic mass is 16.5. The van der Waals surface area contributed by atoms with Crippen molar-refractivity contribution in [2.75, 3.05) is 0 Å². The number of hydrogen-bond donors (Lipinski definition) is 1. The monoisotopic (exact) mass is 254 g/mol. The molecular weight excluding hydrogens is 244 g/mol. The third-order valence-electron chi connectivity index (χ3n) is 3.08. The van der Waals surface area contributed by atoms with Gasteiger partial charge in [0.1, 0.15) is 12.0 Å². The molecule has 0 saturated heterocycles. The van der Waals surface area contributed by atoms with Crippen LogP contribution in [0.2, 0.25) is 0 Å². The number of carbonyl (C=O) groups is 2. The molecule has 1 heterocycles. The average Bonchev–Trinajstić information content (AvgIpc) is 2.91. The van der Waals surface area contributed by atoms with Gasteiger partial charge in [0.2, 0.25) is 11.6 Å². The smallest absolute Gasteiger partial charge is 0.233 e. The van der Waals surface area contributed by atoms with Gasteiger partial charge in [-0.25, -0.2) is 0 Å². The quantitative estimate of drug-likeness (QED) is 0.817. The third-order valence-corrected chi connectivity index (χ3v) is 3.08. The molecule has 0 radical (unpaired) electrons. The number of hydrogen-bond acceptors (Lipinski definition) is 5. The summed E-state index contributed by atoms with van der Waals surface area (Å²) in [4.78, 5) is 23.6. The number of rotatable bonds is 2. The molecule has 0 spiro atoms. The summed E-state index contributed by atoms with van der Waals surface area (Å²) in [6.07, 6.45) is 2.74. The largest absolute Gasteiger partial charge is 0.364 e. The van der Waals surface area contributed by atoms with E-state index in [1.807, 2.05) is 0 Å². The van der Waals surface area contributed by atoms with Crippen molar-refractivity contribution in [3.63, 3.8) is 0 Å². The Kier molecular flexibility index (Phi) is 2.61. The van der Waals surface area contributed by atoms with Gasteiger partial charge in [0.15, 0.2) is 0 Å². The average molecular weight is 254 g/mol. The minimum Gasteiger partial charge on any atom is -0.364 e. The van der Waals surface area contributed by atoms with E-state index in [4.69, 9.17) is 10.3 Å². The molecule has 2 aromatic rings. The molecule has 1 aliphatic rings. The number of benzene rings is 1. The minimum absolute atomic E-state index is 0.250. The van der Waals surface area contributed by atoms with Crippen LogP contribution in [0, 0.1) is 0 Å². The third kappa shape index (κ3) is 1.71. The molecule has 1 aromatic heterocycles. The second kappa shape index (κ2) is 4.29. The van der Waals surface area contributed by atoms with Gasteiger partial charge in [0.05, 0.1) is 0 Å². The lowest BCUT2D eigenvalue weighted by atomic mass is 9.87. The van der Waals surface area contributed by atoms with Crippen LogP contribution in [-0.4, -0.2) is 16.7 Å². The summed E-state index contributed by atoms with van der Waals surface area (Å²) in [6, 6.07) is 6.93. The van der Waals surface area contributed by atoms with Crippen molar-refractivity contribution in [3.05, 3.63) is 59.0 Å². The number of nitrogens with zero attached hydrogens (tertiary/aromatic N) is 1. The van der Waals surface area contributed by atoms with Crippen LogP contribution in [0.25, 0.3) is 5.57 Å². The first-order valence-electron chi connectivity index (χ1n) is 5.76. The van der Waals surface area contributed by atoms with Crippen LogP contribution in [0.5, 0.6) is 0 Å². The van der Waals surface area contributed by atoms with Crippen LogP contribution in [0.3, 0.4) is 0 Å². The van der Waals surface area contributed by atoms with Gasteiger partial charge < -0.3 is 10.3 Å².